The van der Waals surface area contributed by atoms with E-state index in [9.17, 15) is 9.18 Å². The average molecular weight is 225 g/mol. The fourth-order valence-corrected chi connectivity index (χ4v) is 1.55. The molecule has 1 atom stereocenters. The molecule has 4 heteroatoms. The molecule has 0 bridgehead atoms. The van der Waals surface area contributed by atoms with Crippen molar-refractivity contribution in [2.24, 2.45) is 0 Å². The number of carboxylic acids is 1. The Morgan fingerprint density at radius 2 is 2.00 bits per heavy atom. The number of benzene rings is 1. The lowest BCUT2D eigenvalue weighted by Gasteiger charge is -2.28. The molecule has 3 nitrogen and oxygen atoms in total. The molecule has 0 heterocycles. The van der Waals surface area contributed by atoms with Crippen molar-refractivity contribution >= 4 is 11.7 Å². The Balaban J connectivity index is 2.92. The predicted molar refractivity (Wildman–Crippen MR) is 61.1 cm³/mol. The van der Waals surface area contributed by atoms with Gasteiger partial charge in [0.05, 0.1) is 0 Å². The van der Waals surface area contributed by atoms with Gasteiger partial charge in [0.25, 0.3) is 0 Å². The second kappa shape index (κ2) is 5.49. The quantitative estimate of drug-likeness (QED) is 0.837. The minimum Gasteiger partial charge on any atom is -0.480 e. The Kier molecular flexibility index (Phi) is 4.28. The van der Waals surface area contributed by atoms with Crippen LogP contribution in [0, 0.1) is 5.82 Å². The van der Waals surface area contributed by atoms with Gasteiger partial charge >= 0.3 is 5.97 Å². The van der Waals surface area contributed by atoms with E-state index in [4.69, 9.17) is 5.11 Å². The van der Waals surface area contributed by atoms with E-state index in [1.807, 2.05) is 6.92 Å². The van der Waals surface area contributed by atoms with E-state index in [0.29, 0.717) is 6.54 Å². The summed E-state index contributed by atoms with van der Waals surface area (Å²) in [5.41, 5.74) is 0.734. The van der Waals surface area contributed by atoms with Gasteiger partial charge in [0.2, 0.25) is 0 Å². The first-order valence-corrected chi connectivity index (χ1v) is 5.31. The Labute approximate surface area is 94.5 Å². The maximum Gasteiger partial charge on any atom is 0.326 e. The van der Waals surface area contributed by atoms with Crippen LogP contribution in [-0.2, 0) is 4.79 Å². The molecule has 1 aromatic carbocycles. The highest BCUT2D eigenvalue weighted by Gasteiger charge is 2.19. The topological polar surface area (TPSA) is 40.5 Å². The van der Waals surface area contributed by atoms with E-state index < -0.39 is 12.0 Å². The van der Waals surface area contributed by atoms with Crippen LogP contribution in [0.5, 0.6) is 0 Å². The molecule has 1 rings (SSSR count). The summed E-state index contributed by atoms with van der Waals surface area (Å²) in [6, 6.07) is 5.28. The molecule has 0 amide bonds. The molecule has 0 radical (unpaired) electrons. The van der Waals surface area contributed by atoms with Gasteiger partial charge < -0.3 is 10.0 Å². The zero-order valence-corrected chi connectivity index (χ0v) is 9.48. The highest BCUT2D eigenvalue weighted by Crippen LogP contribution is 2.18. The summed E-state index contributed by atoms with van der Waals surface area (Å²) in [6.07, 6.45) is 0.842. The largest absolute Gasteiger partial charge is 0.480 e. The predicted octanol–water partition coefficient (Wildman–Crippen LogP) is 2.52. The molecule has 1 aromatic rings. The van der Waals surface area contributed by atoms with Gasteiger partial charge in [-0.25, -0.2) is 9.18 Å². The third-order valence-electron chi connectivity index (χ3n) is 2.45. The average Bonchev–Trinajstić information content (AvgIpc) is 2.26. The van der Waals surface area contributed by atoms with Crippen molar-refractivity contribution in [1.29, 1.82) is 0 Å². The minimum atomic E-state index is -0.877. The van der Waals surface area contributed by atoms with Gasteiger partial charge in [-0.05, 0) is 37.6 Å². The number of carbonyl (C=O) groups is 1. The number of carboxylic acid groups (broad SMARTS) is 1. The van der Waals surface area contributed by atoms with Crippen LogP contribution in [0.15, 0.2) is 24.3 Å². The number of rotatable bonds is 5. The molecule has 1 N–H and O–H groups in total. The normalized spacial score (nSPS) is 12.2. The Hall–Kier alpha value is -1.58. The molecule has 16 heavy (non-hydrogen) atoms. The van der Waals surface area contributed by atoms with Crippen LogP contribution in [0.1, 0.15) is 20.3 Å². The number of aliphatic carboxylic acids is 1. The van der Waals surface area contributed by atoms with Crippen molar-refractivity contribution < 1.29 is 14.3 Å². The molecule has 0 aliphatic carbocycles. The standard InChI is InChI=1S/C12H16FNO2/c1-3-8-14(9(2)12(15)16)11-6-4-10(13)5-7-11/h4-7,9H,3,8H2,1-2H3,(H,15,16)/t9-/m1/s1. The van der Waals surface area contributed by atoms with E-state index >= 15 is 0 Å². The van der Waals surface area contributed by atoms with E-state index in [-0.39, 0.29) is 5.82 Å². The smallest absolute Gasteiger partial charge is 0.326 e. The van der Waals surface area contributed by atoms with Crippen molar-refractivity contribution in [3.05, 3.63) is 30.1 Å². The summed E-state index contributed by atoms with van der Waals surface area (Å²) in [5, 5.41) is 8.98. The molecular formula is C12H16FNO2. The number of hydrogen-bond donors (Lipinski definition) is 1. The molecule has 0 saturated carbocycles. The van der Waals surface area contributed by atoms with Crippen LogP contribution in [-0.4, -0.2) is 23.7 Å². The summed E-state index contributed by atoms with van der Waals surface area (Å²) >= 11 is 0. The summed E-state index contributed by atoms with van der Waals surface area (Å²) in [5.74, 6) is -1.19. The lowest BCUT2D eigenvalue weighted by molar-refractivity contribution is -0.138. The molecule has 0 aliphatic heterocycles. The highest BCUT2D eigenvalue weighted by atomic mass is 19.1. The van der Waals surface area contributed by atoms with Gasteiger partial charge in [0.15, 0.2) is 0 Å². The summed E-state index contributed by atoms with van der Waals surface area (Å²) < 4.78 is 12.8. The highest BCUT2D eigenvalue weighted by molar-refractivity contribution is 5.77. The van der Waals surface area contributed by atoms with Crippen molar-refractivity contribution in [2.75, 3.05) is 11.4 Å². The molecule has 0 saturated heterocycles. The van der Waals surface area contributed by atoms with Crippen molar-refractivity contribution in [2.45, 2.75) is 26.3 Å². The molecule has 88 valence electrons. The van der Waals surface area contributed by atoms with Gasteiger partial charge in [-0.1, -0.05) is 6.92 Å². The lowest BCUT2D eigenvalue weighted by atomic mass is 10.2. The monoisotopic (exact) mass is 225 g/mol. The zero-order valence-electron chi connectivity index (χ0n) is 9.48. The zero-order chi connectivity index (χ0) is 12.1. The minimum absolute atomic E-state index is 0.317. The van der Waals surface area contributed by atoms with Gasteiger partial charge in [-0.2, -0.15) is 0 Å². The maximum absolute atomic E-state index is 12.8. The van der Waals surface area contributed by atoms with Crippen LogP contribution in [0.25, 0.3) is 0 Å². The molecule has 0 unspecified atom stereocenters. The van der Waals surface area contributed by atoms with Gasteiger partial charge in [0, 0.05) is 12.2 Å². The SMILES string of the molecule is CCCN(c1ccc(F)cc1)[C@H](C)C(=O)O. The first kappa shape index (κ1) is 12.5. The number of hydrogen-bond acceptors (Lipinski definition) is 2. The fraction of sp³-hybridized carbons (Fsp3) is 0.417. The second-order valence-corrected chi connectivity index (χ2v) is 3.68. The Bertz CT molecular complexity index is 351. The fourth-order valence-electron chi connectivity index (χ4n) is 1.55. The number of nitrogens with zero attached hydrogens (tertiary/aromatic N) is 1. The van der Waals surface area contributed by atoms with E-state index in [2.05, 4.69) is 0 Å². The molecule has 0 fully saturated rings. The van der Waals surface area contributed by atoms with Crippen LogP contribution < -0.4 is 4.90 Å². The number of halogens is 1. The van der Waals surface area contributed by atoms with Gasteiger partial charge in [-0.15, -0.1) is 0 Å². The molecule has 0 aliphatic rings. The Morgan fingerprint density at radius 3 is 2.44 bits per heavy atom. The molecular weight excluding hydrogens is 209 g/mol. The van der Waals surface area contributed by atoms with E-state index in [1.165, 1.54) is 12.1 Å². The number of anilines is 1. The summed E-state index contributed by atoms with van der Waals surface area (Å²) in [7, 11) is 0. The van der Waals surface area contributed by atoms with E-state index in [0.717, 1.165) is 12.1 Å². The lowest BCUT2D eigenvalue weighted by Crippen LogP contribution is -2.39. The first-order valence-electron chi connectivity index (χ1n) is 5.31. The maximum atomic E-state index is 12.8. The van der Waals surface area contributed by atoms with Crippen LogP contribution in [0.4, 0.5) is 10.1 Å². The summed E-state index contributed by atoms with van der Waals surface area (Å²) in [6.45, 7) is 4.24. The first-order chi connectivity index (χ1) is 7.56. The van der Waals surface area contributed by atoms with E-state index in [1.54, 1.807) is 24.0 Å². The third kappa shape index (κ3) is 2.95. The Morgan fingerprint density at radius 1 is 1.44 bits per heavy atom. The van der Waals surface area contributed by atoms with Gasteiger partial charge in [-0.3, -0.25) is 0 Å². The van der Waals surface area contributed by atoms with Crippen molar-refractivity contribution in [3.63, 3.8) is 0 Å². The second-order valence-electron chi connectivity index (χ2n) is 3.68. The van der Waals surface area contributed by atoms with Crippen LogP contribution >= 0.6 is 0 Å². The third-order valence-corrected chi connectivity index (χ3v) is 2.45. The van der Waals surface area contributed by atoms with Crippen LogP contribution in [0.3, 0.4) is 0 Å². The van der Waals surface area contributed by atoms with Crippen molar-refractivity contribution in [1.82, 2.24) is 0 Å². The van der Waals surface area contributed by atoms with Crippen LogP contribution in [0.2, 0.25) is 0 Å². The van der Waals surface area contributed by atoms with Crippen molar-refractivity contribution in [3.8, 4) is 0 Å². The molecule has 0 spiro atoms. The van der Waals surface area contributed by atoms with Gasteiger partial charge in [0.1, 0.15) is 11.9 Å². The molecule has 0 aromatic heterocycles. The summed E-state index contributed by atoms with van der Waals surface area (Å²) in [4.78, 5) is 12.7.